The van der Waals surface area contributed by atoms with Crippen LogP contribution in [0.5, 0.6) is 0 Å². The van der Waals surface area contributed by atoms with E-state index in [0.717, 1.165) is 17.1 Å². The van der Waals surface area contributed by atoms with Crippen LogP contribution in [0.3, 0.4) is 0 Å². The molecule has 5 nitrogen and oxygen atoms in total. The van der Waals surface area contributed by atoms with Gasteiger partial charge in [-0.05, 0) is 29.2 Å². The van der Waals surface area contributed by atoms with Crippen LogP contribution < -0.4 is 10.5 Å². The Labute approximate surface area is 136 Å². The maximum absolute atomic E-state index is 12.3. The van der Waals surface area contributed by atoms with Gasteiger partial charge in [0.2, 0.25) is 4.80 Å². The fourth-order valence-electron chi connectivity index (χ4n) is 2.18. The molecular weight excluding hydrogens is 310 g/mol. The van der Waals surface area contributed by atoms with Gasteiger partial charge in [-0.1, -0.05) is 48.5 Å². The highest BCUT2D eigenvalue weighted by Gasteiger charge is 2.09. The molecule has 0 atom stereocenters. The highest BCUT2D eigenvalue weighted by molar-refractivity contribution is 7.03. The standard InChI is InChI=1S/C17H15N3O2S/c1-19-17(22)20(12-13-8-4-2-5-9-13)16(23-19)18-15(21)14-10-6-3-7-11-14/h2-11H,12H2,1H3. The second kappa shape index (κ2) is 6.58. The molecule has 2 aromatic carbocycles. The molecule has 0 aliphatic rings. The summed E-state index contributed by atoms with van der Waals surface area (Å²) in [5.41, 5.74) is 1.30. The van der Waals surface area contributed by atoms with Gasteiger partial charge in [0.1, 0.15) is 0 Å². The Bertz CT molecular complexity index is 937. The van der Waals surface area contributed by atoms with Crippen LogP contribution in [0.4, 0.5) is 0 Å². The summed E-state index contributed by atoms with van der Waals surface area (Å²) in [5, 5.41) is 0. The minimum Gasteiger partial charge on any atom is -0.267 e. The van der Waals surface area contributed by atoms with Crippen molar-refractivity contribution in [3.63, 3.8) is 0 Å². The van der Waals surface area contributed by atoms with Crippen LogP contribution in [-0.4, -0.2) is 14.4 Å². The molecule has 1 amide bonds. The molecule has 0 fully saturated rings. The number of carbonyl (C=O) groups is 1. The van der Waals surface area contributed by atoms with Crippen molar-refractivity contribution in [2.45, 2.75) is 6.54 Å². The zero-order chi connectivity index (χ0) is 16.2. The summed E-state index contributed by atoms with van der Waals surface area (Å²) >= 11 is 1.16. The van der Waals surface area contributed by atoms with E-state index < -0.39 is 0 Å². The van der Waals surface area contributed by atoms with E-state index in [4.69, 9.17) is 0 Å². The van der Waals surface area contributed by atoms with Crippen molar-refractivity contribution >= 4 is 17.4 Å². The van der Waals surface area contributed by atoms with E-state index in [0.29, 0.717) is 16.9 Å². The maximum atomic E-state index is 12.3. The normalized spacial score (nSPS) is 11.6. The predicted molar refractivity (Wildman–Crippen MR) is 89.4 cm³/mol. The third-order valence-electron chi connectivity index (χ3n) is 3.35. The topological polar surface area (TPSA) is 56.4 Å². The fourth-order valence-corrected chi connectivity index (χ4v) is 2.96. The summed E-state index contributed by atoms with van der Waals surface area (Å²) in [6.07, 6.45) is 0. The number of benzene rings is 2. The van der Waals surface area contributed by atoms with Gasteiger partial charge in [-0.3, -0.25) is 9.36 Å². The Hall–Kier alpha value is -2.73. The Morgan fingerprint density at radius 2 is 1.65 bits per heavy atom. The van der Waals surface area contributed by atoms with Crippen molar-refractivity contribution in [2.75, 3.05) is 0 Å². The van der Waals surface area contributed by atoms with Crippen molar-refractivity contribution < 1.29 is 4.79 Å². The lowest BCUT2D eigenvalue weighted by Gasteiger charge is -2.01. The van der Waals surface area contributed by atoms with Gasteiger partial charge in [0.05, 0.1) is 6.54 Å². The summed E-state index contributed by atoms with van der Waals surface area (Å²) in [4.78, 5) is 29.1. The average molecular weight is 325 g/mol. The highest BCUT2D eigenvalue weighted by atomic mass is 32.1. The summed E-state index contributed by atoms with van der Waals surface area (Å²) in [6, 6.07) is 18.5. The number of nitrogens with zero attached hydrogens (tertiary/aromatic N) is 3. The van der Waals surface area contributed by atoms with Crippen molar-refractivity contribution in [1.82, 2.24) is 8.52 Å². The quantitative estimate of drug-likeness (QED) is 0.740. The first-order valence-corrected chi connectivity index (χ1v) is 7.87. The lowest BCUT2D eigenvalue weighted by molar-refractivity contribution is 0.0997. The molecule has 1 heterocycles. The Balaban J connectivity index is 2.03. The molecule has 6 heteroatoms. The molecule has 116 valence electrons. The van der Waals surface area contributed by atoms with Crippen molar-refractivity contribution in [3.8, 4) is 0 Å². The van der Waals surface area contributed by atoms with Crippen molar-refractivity contribution in [1.29, 1.82) is 0 Å². The smallest absolute Gasteiger partial charge is 0.267 e. The lowest BCUT2D eigenvalue weighted by Crippen LogP contribution is -2.29. The molecule has 0 radical (unpaired) electrons. The molecule has 0 aliphatic carbocycles. The third-order valence-corrected chi connectivity index (χ3v) is 4.26. The van der Waals surface area contributed by atoms with Crippen LogP contribution in [0.2, 0.25) is 0 Å². The summed E-state index contributed by atoms with van der Waals surface area (Å²) in [5.74, 6) is -0.353. The first kappa shape index (κ1) is 15.2. The first-order valence-electron chi connectivity index (χ1n) is 7.10. The Morgan fingerprint density at radius 1 is 1.04 bits per heavy atom. The van der Waals surface area contributed by atoms with Crippen LogP contribution in [-0.2, 0) is 13.6 Å². The summed E-state index contributed by atoms with van der Waals surface area (Å²) in [6.45, 7) is 0.387. The van der Waals surface area contributed by atoms with Gasteiger partial charge < -0.3 is 0 Å². The minimum atomic E-state index is -0.353. The summed E-state index contributed by atoms with van der Waals surface area (Å²) in [7, 11) is 1.67. The van der Waals surface area contributed by atoms with Gasteiger partial charge in [0.15, 0.2) is 0 Å². The van der Waals surface area contributed by atoms with Crippen LogP contribution in [0.25, 0.3) is 0 Å². The number of aromatic nitrogens is 2. The zero-order valence-electron chi connectivity index (χ0n) is 12.5. The second-order valence-corrected chi connectivity index (χ2v) is 6.10. The summed E-state index contributed by atoms with van der Waals surface area (Å²) < 4.78 is 2.99. The molecule has 3 aromatic rings. The monoisotopic (exact) mass is 325 g/mol. The molecule has 0 bridgehead atoms. The number of hydrogen-bond donors (Lipinski definition) is 0. The van der Waals surface area contributed by atoms with E-state index in [-0.39, 0.29) is 11.6 Å². The molecule has 0 N–H and O–H groups in total. The Morgan fingerprint density at radius 3 is 2.30 bits per heavy atom. The van der Waals surface area contributed by atoms with Gasteiger partial charge >= 0.3 is 5.69 Å². The van der Waals surface area contributed by atoms with E-state index in [9.17, 15) is 9.59 Å². The van der Waals surface area contributed by atoms with Crippen LogP contribution >= 0.6 is 11.5 Å². The van der Waals surface area contributed by atoms with Crippen molar-refractivity contribution in [2.24, 2.45) is 12.0 Å². The molecule has 0 spiro atoms. The predicted octanol–water partition coefficient (Wildman–Crippen LogP) is 2.04. The highest BCUT2D eigenvalue weighted by Crippen LogP contribution is 2.02. The number of carbonyl (C=O) groups excluding carboxylic acids is 1. The van der Waals surface area contributed by atoms with Gasteiger partial charge in [-0.2, -0.15) is 4.99 Å². The molecule has 0 aliphatic heterocycles. The van der Waals surface area contributed by atoms with E-state index in [1.54, 1.807) is 31.3 Å². The molecule has 0 saturated carbocycles. The van der Waals surface area contributed by atoms with Crippen LogP contribution in [0.15, 0.2) is 70.5 Å². The zero-order valence-corrected chi connectivity index (χ0v) is 13.4. The SMILES string of the molecule is Cn1sc(=NC(=O)c2ccccc2)n(Cc2ccccc2)c1=O. The lowest BCUT2D eigenvalue weighted by atomic mass is 10.2. The molecule has 0 unspecified atom stereocenters. The van der Waals surface area contributed by atoms with Gasteiger partial charge in [0.25, 0.3) is 5.91 Å². The fraction of sp³-hybridized carbons (Fsp3) is 0.118. The van der Waals surface area contributed by atoms with Gasteiger partial charge in [0, 0.05) is 12.6 Å². The van der Waals surface area contributed by atoms with E-state index in [1.165, 1.54) is 8.52 Å². The van der Waals surface area contributed by atoms with Gasteiger partial charge in [-0.25, -0.2) is 8.75 Å². The number of aryl methyl sites for hydroxylation is 1. The Kier molecular flexibility index (Phi) is 4.34. The van der Waals surface area contributed by atoms with Crippen LogP contribution in [0, 0.1) is 0 Å². The van der Waals surface area contributed by atoms with Gasteiger partial charge in [-0.15, -0.1) is 0 Å². The van der Waals surface area contributed by atoms with E-state index in [2.05, 4.69) is 4.99 Å². The second-order valence-electron chi connectivity index (χ2n) is 5.01. The number of rotatable bonds is 3. The first-order chi connectivity index (χ1) is 11.1. The number of hydrogen-bond acceptors (Lipinski definition) is 3. The molecule has 0 saturated heterocycles. The van der Waals surface area contributed by atoms with E-state index >= 15 is 0 Å². The van der Waals surface area contributed by atoms with Crippen LogP contribution in [0.1, 0.15) is 15.9 Å². The third kappa shape index (κ3) is 3.37. The average Bonchev–Trinajstić information content (AvgIpc) is 2.84. The van der Waals surface area contributed by atoms with E-state index in [1.807, 2.05) is 36.4 Å². The largest absolute Gasteiger partial charge is 0.339 e. The van der Waals surface area contributed by atoms with Crippen molar-refractivity contribution in [3.05, 3.63) is 87.1 Å². The molecule has 3 rings (SSSR count). The molecule has 23 heavy (non-hydrogen) atoms. The molecule has 1 aromatic heterocycles. The maximum Gasteiger partial charge on any atom is 0.339 e. The molecular formula is C17H15N3O2S. The minimum absolute atomic E-state index is 0.182. The number of amides is 1.